The molecule has 5 atom stereocenters. The Morgan fingerprint density at radius 3 is 2.44 bits per heavy atom. The van der Waals surface area contributed by atoms with E-state index in [-0.39, 0.29) is 18.0 Å². The second-order valence-electron chi connectivity index (χ2n) is 11.3. The molecule has 11 heteroatoms. The van der Waals surface area contributed by atoms with Gasteiger partial charge < -0.3 is 19.1 Å². The number of methoxy groups -OCH3 is 1. The van der Waals surface area contributed by atoms with Crippen molar-refractivity contribution in [3.63, 3.8) is 0 Å². The van der Waals surface area contributed by atoms with E-state index >= 15 is 4.79 Å². The van der Waals surface area contributed by atoms with Gasteiger partial charge in [-0.15, -0.1) is 0 Å². The van der Waals surface area contributed by atoms with E-state index in [1.807, 2.05) is 30.3 Å². The number of ether oxygens (including phenoxy) is 3. The number of benzene rings is 4. The number of nitro groups is 1. The van der Waals surface area contributed by atoms with Crippen molar-refractivity contribution >= 4 is 33.5 Å². The van der Waals surface area contributed by atoms with Crippen LogP contribution in [-0.4, -0.2) is 35.6 Å². The minimum Gasteiger partial charge on any atom is -0.482 e. The van der Waals surface area contributed by atoms with Crippen LogP contribution in [0.4, 0.5) is 10.1 Å². The van der Waals surface area contributed by atoms with Crippen LogP contribution in [0.25, 0.3) is 0 Å². The Balaban J connectivity index is 1.55. The first-order valence-electron chi connectivity index (χ1n) is 14.3. The van der Waals surface area contributed by atoms with Gasteiger partial charge in [-0.2, -0.15) is 0 Å². The zero-order chi connectivity index (χ0) is 31.5. The fourth-order valence-electron chi connectivity index (χ4n) is 7.26. The van der Waals surface area contributed by atoms with E-state index in [9.17, 15) is 19.3 Å². The third-order valence-corrected chi connectivity index (χ3v) is 9.55. The van der Waals surface area contributed by atoms with E-state index < -0.39 is 58.3 Å². The summed E-state index contributed by atoms with van der Waals surface area (Å²) in [4.78, 5) is 42.6. The molecule has 0 saturated carbocycles. The van der Waals surface area contributed by atoms with E-state index in [2.05, 4.69) is 15.9 Å². The van der Waals surface area contributed by atoms with Gasteiger partial charge in [0, 0.05) is 20.5 Å². The third-order valence-electron chi connectivity index (χ3n) is 9.06. The molecule has 228 valence electrons. The number of rotatable bonds is 6. The Labute approximate surface area is 265 Å². The van der Waals surface area contributed by atoms with E-state index in [0.29, 0.717) is 21.2 Å². The number of halogens is 2. The lowest BCUT2D eigenvalue weighted by molar-refractivity contribution is -0.593. The number of amides is 1. The Bertz CT molecular complexity index is 1840. The third kappa shape index (κ3) is 4.21. The van der Waals surface area contributed by atoms with Gasteiger partial charge in [0.1, 0.15) is 17.5 Å². The van der Waals surface area contributed by atoms with Gasteiger partial charge in [-0.05, 0) is 41.5 Å². The monoisotopic (exact) mass is 672 g/mol. The maximum absolute atomic E-state index is 15.1. The van der Waals surface area contributed by atoms with Crippen LogP contribution in [0.2, 0.25) is 0 Å². The largest absolute Gasteiger partial charge is 0.482 e. The number of hydrogen-bond donors (Lipinski definition) is 0. The van der Waals surface area contributed by atoms with Crippen molar-refractivity contribution in [2.24, 2.45) is 0 Å². The Morgan fingerprint density at radius 2 is 1.76 bits per heavy atom. The Kier molecular flexibility index (Phi) is 6.97. The Hall–Kier alpha value is -4.61. The number of fused-ring (bicyclic) bond motifs is 5. The van der Waals surface area contributed by atoms with Gasteiger partial charge in [-0.25, -0.2) is 4.39 Å². The summed E-state index contributed by atoms with van der Waals surface area (Å²) in [6, 6.07) is 26.8. The van der Waals surface area contributed by atoms with Crippen molar-refractivity contribution in [1.82, 2.24) is 0 Å². The molecular weight excluding hydrogens is 647 g/mol. The standard InChI is InChI=1S/C34H26BrFN2O7/c1-43-29(39)18-28-33(38(41)42)30(21-10-6-3-7-11-21)34(45-31(33)24-16-22(35)12-15-27(24)44-28)25-14-13-23(36)17-26(25)37(32(34)40)19-20-8-4-2-5-9-20/h2-17,28,30-31H,18-19H2,1H3/t28-,30+,31+,33-,34-/m1/s1. The van der Waals surface area contributed by atoms with Crippen LogP contribution >= 0.6 is 15.9 Å². The second-order valence-corrected chi connectivity index (χ2v) is 12.2. The number of esters is 1. The van der Waals surface area contributed by atoms with Crippen molar-refractivity contribution in [3.05, 3.63) is 140 Å². The van der Waals surface area contributed by atoms with E-state index in [0.717, 1.165) is 5.56 Å². The number of anilines is 1. The minimum atomic E-state index is -2.20. The summed E-state index contributed by atoms with van der Waals surface area (Å²) in [5.74, 6) is -2.91. The van der Waals surface area contributed by atoms with Crippen molar-refractivity contribution in [3.8, 4) is 5.75 Å². The molecule has 0 N–H and O–H groups in total. The summed E-state index contributed by atoms with van der Waals surface area (Å²) in [5.41, 5.74) is -2.09. The number of carbonyl (C=O) groups is 2. The van der Waals surface area contributed by atoms with Crippen molar-refractivity contribution in [2.45, 2.75) is 42.2 Å². The molecule has 1 amide bonds. The maximum atomic E-state index is 15.1. The number of carbonyl (C=O) groups excluding carboxylic acids is 2. The molecule has 0 bridgehead atoms. The van der Waals surface area contributed by atoms with Crippen molar-refractivity contribution < 1.29 is 33.1 Å². The van der Waals surface area contributed by atoms with Crippen LogP contribution in [0.3, 0.4) is 0 Å². The topological polar surface area (TPSA) is 108 Å². The minimum absolute atomic E-state index is 0.0725. The van der Waals surface area contributed by atoms with E-state index in [1.54, 1.807) is 48.5 Å². The highest BCUT2D eigenvalue weighted by Crippen LogP contribution is 2.68. The highest BCUT2D eigenvalue weighted by Gasteiger charge is 2.82. The average molecular weight is 673 g/mol. The molecule has 4 aromatic carbocycles. The maximum Gasteiger partial charge on any atom is 0.309 e. The zero-order valence-electron chi connectivity index (χ0n) is 23.9. The summed E-state index contributed by atoms with van der Waals surface area (Å²) >= 11 is 3.46. The average Bonchev–Trinajstić information content (AvgIpc) is 3.49. The lowest BCUT2D eigenvalue weighted by atomic mass is 9.63. The van der Waals surface area contributed by atoms with Gasteiger partial charge in [-0.1, -0.05) is 82.7 Å². The lowest BCUT2D eigenvalue weighted by Gasteiger charge is -2.41. The molecule has 7 rings (SSSR count). The van der Waals surface area contributed by atoms with Crippen molar-refractivity contribution in [1.29, 1.82) is 0 Å². The molecular formula is C34H26BrFN2O7. The quantitative estimate of drug-likeness (QED) is 0.136. The van der Waals surface area contributed by atoms with Crippen LogP contribution in [0, 0.1) is 15.9 Å². The summed E-state index contributed by atoms with van der Waals surface area (Å²) in [6.45, 7) is 0.0725. The van der Waals surface area contributed by atoms with Crippen LogP contribution in [0.1, 0.15) is 40.7 Å². The molecule has 0 unspecified atom stereocenters. The van der Waals surface area contributed by atoms with Crippen LogP contribution in [0.5, 0.6) is 5.75 Å². The van der Waals surface area contributed by atoms with E-state index in [4.69, 9.17) is 14.2 Å². The van der Waals surface area contributed by atoms with Crippen LogP contribution < -0.4 is 9.64 Å². The zero-order valence-corrected chi connectivity index (χ0v) is 25.5. The molecule has 3 aliphatic heterocycles. The molecule has 4 aromatic rings. The van der Waals surface area contributed by atoms with Gasteiger partial charge >= 0.3 is 5.97 Å². The molecule has 9 nitrogen and oxygen atoms in total. The summed E-state index contributed by atoms with van der Waals surface area (Å²) in [5, 5.41) is 13.8. The molecule has 3 heterocycles. The first kappa shape index (κ1) is 29.1. The van der Waals surface area contributed by atoms with Crippen LogP contribution in [0.15, 0.2) is 102 Å². The van der Waals surface area contributed by atoms with Gasteiger partial charge in [-0.3, -0.25) is 19.7 Å². The molecule has 3 aliphatic rings. The van der Waals surface area contributed by atoms with Crippen molar-refractivity contribution in [2.75, 3.05) is 12.0 Å². The SMILES string of the molecule is COC(=O)C[C@H]1Oc2ccc(Br)cc2[C@@H]2O[C@@]3(C(=O)N(Cc4ccccc4)c4cc(F)ccc43)[C@@H](c3ccccc3)[C@]12[N+](=O)[O-]. The number of hydrogen-bond acceptors (Lipinski definition) is 7. The first-order valence-corrected chi connectivity index (χ1v) is 15.1. The Morgan fingerprint density at radius 1 is 1.04 bits per heavy atom. The fraction of sp³-hybridized carbons (Fsp3) is 0.235. The molecule has 1 spiro atoms. The first-order chi connectivity index (χ1) is 21.7. The normalized spacial score (nSPS) is 26.2. The van der Waals surface area contributed by atoms with Gasteiger partial charge in [0.25, 0.3) is 11.4 Å². The summed E-state index contributed by atoms with van der Waals surface area (Å²) in [6.07, 6.45) is -3.24. The molecule has 0 aromatic heterocycles. The van der Waals surface area contributed by atoms with Gasteiger partial charge in [0.2, 0.25) is 0 Å². The molecule has 45 heavy (non-hydrogen) atoms. The second kappa shape index (κ2) is 10.8. The van der Waals surface area contributed by atoms with Gasteiger partial charge in [0.15, 0.2) is 17.8 Å². The molecule has 0 aliphatic carbocycles. The predicted molar refractivity (Wildman–Crippen MR) is 164 cm³/mol. The predicted octanol–water partition coefficient (Wildman–Crippen LogP) is 6.23. The highest BCUT2D eigenvalue weighted by molar-refractivity contribution is 9.10. The van der Waals surface area contributed by atoms with Crippen LogP contribution in [-0.2, 0) is 31.2 Å². The molecule has 1 fully saturated rings. The smallest absolute Gasteiger partial charge is 0.309 e. The lowest BCUT2D eigenvalue weighted by Crippen LogP contribution is -2.61. The van der Waals surface area contributed by atoms with Gasteiger partial charge in [0.05, 0.1) is 25.8 Å². The molecule has 0 radical (unpaired) electrons. The molecule has 1 saturated heterocycles. The fourth-order valence-corrected chi connectivity index (χ4v) is 7.64. The summed E-state index contributed by atoms with van der Waals surface area (Å²) in [7, 11) is 1.20. The summed E-state index contributed by atoms with van der Waals surface area (Å²) < 4.78 is 33.7. The number of nitrogens with zero attached hydrogens (tertiary/aromatic N) is 2. The van der Waals surface area contributed by atoms with E-state index in [1.165, 1.54) is 30.2 Å². The highest BCUT2D eigenvalue weighted by atomic mass is 79.9.